The van der Waals surface area contributed by atoms with Crippen molar-refractivity contribution in [3.05, 3.63) is 54.6 Å². The van der Waals surface area contributed by atoms with Crippen molar-refractivity contribution in [1.82, 2.24) is 24.8 Å². The summed E-state index contributed by atoms with van der Waals surface area (Å²) in [7, 11) is -4.75. The first-order valence-electron chi connectivity index (χ1n) is 12.4. The van der Waals surface area contributed by atoms with Crippen molar-refractivity contribution in [2.75, 3.05) is 18.5 Å². The number of ether oxygens (including phenoxy) is 3. The molecule has 0 radical (unpaired) electrons. The van der Waals surface area contributed by atoms with Crippen LogP contribution in [0.5, 0.6) is 0 Å². The third-order valence-corrected chi connectivity index (χ3v) is 6.69. The number of hydrogen-bond acceptors (Lipinski definition) is 9. The largest absolute Gasteiger partial charge is 0.469 e. The minimum atomic E-state index is -4.75. The molecule has 0 bridgehead atoms. The van der Waals surface area contributed by atoms with Crippen LogP contribution in [0.4, 0.5) is 10.6 Å². The number of unbranched alkanes of at least 4 members (excludes halogenated alkanes) is 1. The van der Waals surface area contributed by atoms with Gasteiger partial charge in [-0.25, -0.2) is 24.3 Å². The molecule has 2 aliphatic heterocycles. The summed E-state index contributed by atoms with van der Waals surface area (Å²) in [6.07, 6.45) is 4.37. The summed E-state index contributed by atoms with van der Waals surface area (Å²) in [5.74, 6) is 0.218. The molecule has 0 spiro atoms. The van der Waals surface area contributed by atoms with Crippen LogP contribution in [-0.2, 0) is 23.3 Å². The standard InChI is InChI=1S/C24H29N6O8P/c1-2-3-11-25-24(31)29-21-18-22(27-13-26-21)30(14-28-18)23-20-19(16(36-23)12-35-39(32,33)34)37-17(38-20)10-9-15-7-5-4-6-8-15/h4-10,13-14,16-17,19-20,23H,2-3,11-12H2,1H3,(H2,32,33,34)(H2,25,26,27,29,31)/t16-,17?,19+,20?,23-/m1/s1. The number of phosphoric ester groups is 1. The van der Waals surface area contributed by atoms with Crippen LogP contribution in [0, 0.1) is 0 Å². The van der Waals surface area contributed by atoms with E-state index >= 15 is 0 Å². The van der Waals surface area contributed by atoms with Crippen molar-refractivity contribution in [1.29, 1.82) is 0 Å². The average Bonchev–Trinajstić information content (AvgIpc) is 3.61. The highest BCUT2D eigenvalue weighted by atomic mass is 31.2. The van der Waals surface area contributed by atoms with Crippen LogP contribution in [0.2, 0.25) is 0 Å². The topological polar surface area (TPSA) is 179 Å². The monoisotopic (exact) mass is 560 g/mol. The zero-order valence-electron chi connectivity index (χ0n) is 21.0. The Balaban J connectivity index is 1.38. The van der Waals surface area contributed by atoms with Gasteiger partial charge in [-0.3, -0.25) is 14.4 Å². The number of hydrogen-bond donors (Lipinski definition) is 4. The Morgan fingerprint density at radius 3 is 2.72 bits per heavy atom. The molecule has 0 saturated carbocycles. The van der Waals surface area contributed by atoms with Gasteiger partial charge in [0.15, 0.2) is 29.5 Å². The summed E-state index contributed by atoms with van der Waals surface area (Å²) in [6, 6.07) is 9.19. The van der Waals surface area contributed by atoms with Crippen LogP contribution >= 0.6 is 7.82 Å². The smallest absolute Gasteiger partial charge is 0.347 e. The molecule has 208 valence electrons. The van der Waals surface area contributed by atoms with Gasteiger partial charge in [-0.2, -0.15) is 0 Å². The number of anilines is 1. The van der Waals surface area contributed by atoms with Crippen LogP contribution in [0.1, 0.15) is 31.6 Å². The van der Waals surface area contributed by atoms with Crippen molar-refractivity contribution in [2.45, 2.75) is 50.6 Å². The number of phosphoric acid groups is 1. The van der Waals surface area contributed by atoms with Crippen molar-refractivity contribution in [3.63, 3.8) is 0 Å². The number of carbonyl (C=O) groups is 1. The van der Waals surface area contributed by atoms with E-state index in [1.807, 2.05) is 43.3 Å². The van der Waals surface area contributed by atoms with Gasteiger partial charge in [0.25, 0.3) is 0 Å². The van der Waals surface area contributed by atoms with E-state index in [0.717, 1.165) is 18.4 Å². The molecular weight excluding hydrogens is 531 g/mol. The molecule has 2 fully saturated rings. The molecule has 3 aromatic rings. The first-order valence-corrected chi connectivity index (χ1v) is 14.0. The van der Waals surface area contributed by atoms with E-state index in [1.54, 1.807) is 10.6 Å². The second-order valence-electron chi connectivity index (χ2n) is 8.97. The number of nitrogens with zero attached hydrogens (tertiary/aromatic N) is 4. The SMILES string of the molecule is CCCCNC(=O)Nc1ncnc2c1ncn2[C@@H]1O[C@H](COP(=O)(O)O)[C@@H]2OC(C=Cc3ccccc3)OC21. The molecule has 4 heterocycles. The summed E-state index contributed by atoms with van der Waals surface area (Å²) >= 11 is 0. The number of imidazole rings is 1. The third kappa shape index (κ3) is 6.50. The van der Waals surface area contributed by atoms with Crippen molar-refractivity contribution < 1.29 is 37.9 Å². The zero-order valence-corrected chi connectivity index (χ0v) is 21.9. The second kappa shape index (κ2) is 11.9. The number of benzene rings is 1. The minimum absolute atomic E-state index is 0.218. The lowest BCUT2D eigenvalue weighted by Crippen LogP contribution is -2.31. The van der Waals surface area contributed by atoms with Gasteiger partial charge in [0.05, 0.1) is 12.9 Å². The Labute approximate surface area is 223 Å². The molecule has 2 unspecified atom stereocenters. The van der Waals surface area contributed by atoms with Gasteiger partial charge < -0.3 is 29.3 Å². The molecule has 15 heteroatoms. The van der Waals surface area contributed by atoms with E-state index in [2.05, 4.69) is 25.6 Å². The van der Waals surface area contributed by atoms with Crippen molar-refractivity contribution >= 4 is 36.9 Å². The van der Waals surface area contributed by atoms with Gasteiger partial charge in [0, 0.05) is 6.54 Å². The lowest BCUT2D eigenvalue weighted by molar-refractivity contribution is -0.132. The van der Waals surface area contributed by atoms with Crippen LogP contribution in [0.15, 0.2) is 49.1 Å². The molecule has 2 amide bonds. The number of urea groups is 1. The summed E-state index contributed by atoms with van der Waals surface area (Å²) in [4.78, 5) is 43.6. The van der Waals surface area contributed by atoms with E-state index in [4.69, 9.17) is 18.7 Å². The molecule has 2 saturated heterocycles. The Morgan fingerprint density at radius 2 is 1.95 bits per heavy atom. The van der Waals surface area contributed by atoms with E-state index in [-0.39, 0.29) is 5.82 Å². The van der Waals surface area contributed by atoms with Gasteiger partial charge in [0.2, 0.25) is 0 Å². The van der Waals surface area contributed by atoms with Gasteiger partial charge in [-0.05, 0) is 18.1 Å². The predicted octanol–water partition coefficient (Wildman–Crippen LogP) is 2.58. The number of amides is 2. The Kier molecular flexibility index (Phi) is 8.33. The van der Waals surface area contributed by atoms with E-state index in [1.165, 1.54) is 12.7 Å². The number of rotatable bonds is 10. The van der Waals surface area contributed by atoms with Crippen LogP contribution in [0.25, 0.3) is 17.2 Å². The fourth-order valence-corrected chi connectivity index (χ4v) is 4.73. The Bertz CT molecular complexity index is 1370. The molecule has 39 heavy (non-hydrogen) atoms. The van der Waals surface area contributed by atoms with Gasteiger partial charge in [0.1, 0.15) is 24.6 Å². The maximum atomic E-state index is 12.3. The first kappa shape index (κ1) is 27.3. The van der Waals surface area contributed by atoms with Gasteiger partial charge in [-0.15, -0.1) is 0 Å². The highest BCUT2D eigenvalue weighted by Crippen LogP contribution is 2.43. The van der Waals surface area contributed by atoms with Crippen molar-refractivity contribution in [2.24, 2.45) is 0 Å². The molecule has 0 aliphatic carbocycles. The fourth-order valence-electron chi connectivity index (χ4n) is 4.39. The molecule has 1 aromatic carbocycles. The molecular formula is C24H29N6O8P. The van der Waals surface area contributed by atoms with Gasteiger partial charge >= 0.3 is 13.9 Å². The third-order valence-electron chi connectivity index (χ3n) is 6.20. The van der Waals surface area contributed by atoms with Crippen LogP contribution in [0.3, 0.4) is 0 Å². The average molecular weight is 561 g/mol. The van der Waals surface area contributed by atoms with Crippen LogP contribution < -0.4 is 10.6 Å². The highest BCUT2D eigenvalue weighted by Gasteiger charge is 2.53. The minimum Gasteiger partial charge on any atom is -0.347 e. The Morgan fingerprint density at radius 1 is 1.15 bits per heavy atom. The molecule has 5 rings (SSSR count). The molecule has 5 atom stereocenters. The quantitative estimate of drug-likeness (QED) is 0.211. The van der Waals surface area contributed by atoms with Crippen LogP contribution in [-0.4, -0.2) is 73.1 Å². The van der Waals surface area contributed by atoms with Crippen molar-refractivity contribution in [3.8, 4) is 0 Å². The highest BCUT2D eigenvalue weighted by molar-refractivity contribution is 7.46. The lowest BCUT2D eigenvalue weighted by Gasteiger charge is -2.20. The molecule has 2 aromatic heterocycles. The summed E-state index contributed by atoms with van der Waals surface area (Å²) in [5.41, 5.74) is 1.64. The molecule has 2 aliphatic rings. The summed E-state index contributed by atoms with van der Waals surface area (Å²) in [5, 5.41) is 5.45. The predicted molar refractivity (Wildman–Crippen MR) is 138 cm³/mol. The van der Waals surface area contributed by atoms with E-state index < -0.39 is 51.3 Å². The maximum absolute atomic E-state index is 12.3. The normalized spacial score (nSPS) is 24.8. The lowest BCUT2D eigenvalue weighted by atomic mass is 10.1. The Hall–Kier alpha value is -3.23. The summed E-state index contributed by atoms with van der Waals surface area (Å²) < 4.78 is 36.0. The fraction of sp³-hybridized carbons (Fsp3) is 0.417. The number of nitrogens with one attached hydrogen (secondary N) is 2. The first-order chi connectivity index (χ1) is 18.8. The number of carbonyl (C=O) groups excluding carboxylic acids is 1. The summed E-state index contributed by atoms with van der Waals surface area (Å²) in [6.45, 7) is 2.13. The molecule has 14 nitrogen and oxygen atoms in total. The van der Waals surface area contributed by atoms with E-state index in [0.29, 0.717) is 17.7 Å². The number of aromatic nitrogens is 4. The molecule has 4 N–H and O–H groups in total. The van der Waals surface area contributed by atoms with Gasteiger partial charge in [-0.1, -0.05) is 49.8 Å². The van der Waals surface area contributed by atoms with E-state index in [9.17, 15) is 19.1 Å². The zero-order chi connectivity index (χ0) is 27.4. The maximum Gasteiger partial charge on any atom is 0.469 e. The second-order valence-corrected chi connectivity index (χ2v) is 10.2. The number of fused-ring (bicyclic) bond motifs is 2.